The third-order valence-corrected chi connectivity index (χ3v) is 5.89. The highest BCUT2D eigenvalue weighted by Gasteiger charge is 2.34. The van der Waals surface area contributed by atoms with Crippen molar-refractivity contribution in [2.45, 2.75) is 25.8 Å². The van der Waals surface area contributed by atoms with Crippen molar-refractivity contribution in [2.24, 2.45) is 11.7 Å². The molecule has 1 fully saturated rings. The number of amides is 1. The molecule has 0 radical (unpaired) electrons. The van der Waals surface area contributed by atoms with E-state index in [-0.39, 0.29) is 17.8 Å². The Balaban J connectivity index is 1.66. The van der Waals surface area contributed by atoms with E-state index in [1.165, 1.54) is 17.7 Å². The van der Waals surface area contributed by atoms with Crippen LogP contribution in [-0.2, 0) is 4.79 Å². The Morgan fingerprint density at radius 3 is 2.46 bits per heavy atom. The first kappa shape index (κ1) is 20.5. The molecule has 1 heterocycles. The maximum absolute atomic E-state index is 13.2. The van der Waals surface area contributed by atoms with Crippen LogP contribution in [0.4, 0.5) is 4.39 Å². The summed E-state index contributed by atoms with van der Waals surface area (Å²) in [6, 6.07) is 16.7. The molecule has 2 aromatic carbocycles. The summed E-state index contributed by atoms with van der Waals surface area (Å²) in [6.07, 6.45) is 0. The molecule has 0 aliphatic carbocycles. The molecule has 3 rings (SSSR count). The first-order chi connectivity index (χ1) is 13.5. The summed E-state index contributed by atoms with van der Waals surface area (Å²) in [4.78, 5) is 17.1. The number of hydrogen-bond donors (Lipinski definition) is 1. The molecule has 28 heavy (non-hydrogen) atoms. The van der Waals surface area contributed by atoms with Crippen LogP contribution >= 0.6 is 0 Å². The van der Waals surface area contributed by atoms with Crippen molar-refractivity contribution < 1.29 is 9.18 Å². The summed E-state index contributed by atoms with van der Waals surface area (Å²) in [5.41, 5.74) is 8.26. The summed E-state index contributed by atoms with van der Waals surface area (Å²) in [6.45, 7) is 7.29. The number of halogens is 1. The van der Waals surface area contributed by atoms with E-state index in [0.29, 0.717) is 31.5 Å². The largest absolute Gasteiger partial charge is 0.335 e. The van der Waals surface area contributed by atoms with Crippen LogP contribution in [0, 0.1) is 11.7 Å². The molecule has 150 valence electrons. The van der Waals surface area contributed by atoms with Gasteiger partial charge in [0, 0.05) is 25.6 Å². The van der Waals surface area contributed by atoms with E-state index in [1.807, 2.05) is 24.8 Å². The Morgan fingerprint density at radius 2 is 1.86 bits per heavy atom. The highest BCUT2D eigenvalue weighted by Crippen LogP contribution is 2.32. The first-order valence-corrected chi connectivity index (χ1v) is 10.1. The van der Waals surface area contributed by atoms with Crippen molar-refractivity contribution in [1.82, 2.24) is 9.80 Å². The molecular formula is C23H30FN3O. The van der Waals surface area contributed by atoms with E-state index in [0.717, 1.165) is 18.7 Å². The van der Waals surface area contributed by atoms with Gasteiger partial charge >= 0.3 is 0 Å². The van der Waals surface area contributed by atoms with Gasteiger partial charge in [-0.05, 0) is 49.6 Å². The van der Waals surface area contributed by atoms with Crippen molar-refractivity contribution in [2.75, 3.05) is 32.7 Å². The molecule has 1 aliphatic rings. The van der Waals surface area contributed by atoms with Crippen molar-refractivity contribution in [1.29, 1.82) is 0 Å². The lowest BCUT2D eigenvalue weighted by molar-refractivity contribution is -0.134. The van der Waals surface area contributed by atoms with Crippen LogP contribution in [0.2, 0.25) is 0 Å². The molecule has 1 aliphatic heterocycles. The van der Waals surface area contributed by atoms with E-state index < -0.39 is 0 Å². The van der Waals surface area contributed by atoms with E-state index >= 15 is 0 Å². The Hall–Kier alpha value is -2.24. The maximum atomic E-state index is 13.2. The normalized spacial score (nSPS) is 20.9. The molecule has 0 bridgehead atoms. The van der Waals surface area contributed by atoms with Crippen LogP contribution in [0.25, 0.3) is 0 Å². The SMILES string of the molecule is CCN(C(=O)CN1C[C@@H](CN)[C@H](c2ccccc2)C1)C(C)c1ccc(F)cc1. The number of nitrogens with zero attached hydrogens (tertiary/aromatic N) is 2. The molecule has 1 saturated heterocycles. The van der Waals surface area contributed by atoms with E-state index in [1.54, 1.807) is 12.1 Å². The maximum Gasteiger partial charge on any atom is 0.237 e. The minimum Gasteiger partial charge on any atom is -0.335 e. The number of nitrogens with two attached hydrogens (primary N) is 1. The fourth-order valence-electron chi connectivity index (χ4n) is 4.28. The highest BCUT2D eigenvalue weighted by atomic mass is 19.1. The van der Waals surface area contributed by atoms with Gasteiger partial charge < -0.3 is 10.6 Å². The highest BCUT2D eigenvalue weighted by molar-refractivity contribution is 5.78. The third kappa shape index (κ3) is 4.59. The van der Waals surface area contributed by atoms with Gasteiger partial charge in [0.1, 0.15) is 5.82 Å². The molecule has 0 aromatic heterocycles. The van der Waals surface area contributed by atoms with Crippen LogP contribution in [0.3, 0.4) is 0 Å². The summed E-state index contributed by atoms with van der Waals surface area (Å²) in [5.74, 6) is 0.564. The number of rotatable bonds is 7. The Morgan fingerprint density at radius 1 is 1.18 bits per heavy atom. The second kappa shape index (κ2) is 9.30. The molecule has 2 aromatic rings. The zero-order valence-corrected chi connectivity index (χ0v) is 16.7. The molecule has 1 amide bonds. The summed E-state index contributed by atoms with van der Waals surface area (Å²) >= 11 is 0. The summed E-state index contributed by atoms with van der Waals surface area (Å²) < 4.78 is 13.2. The molecular weight excluding hydrogens is 353 g/mol. The van der Waals surface area contributed by atoms with Crippen molar-refractivity contribution in [3.63, 3.8) is 0 Å². The average Bonchev–Trinajstić information content (AvgIpc) is 3.12. The van der Waals surface area contributed by atoms with E-state index in [9.17, 15) is 9.18 Å². The minimum absolute atomic E-state index is 0.0871. The predicted octanol–water partition coefficient (Wildman–Crippen LogP) is 3.41. The van der Waals surface area contributed by atoms with Gasteiger partial charge in [-0.2, -0.15) is 0 Å². The summed E-state index contributed by atoms with van der Waals surface area (Å²) in [7, 11) is 0. The zero-order valence-electron chi connectivity index (χ0n) is 16.7. The summed E-state index contributed by atoms with van der Waals surface area (Å²) in [5, 5.41) is 0. The molecule has 2 N–H and O–H groups in total. The lowest BCUT2D eigenvalue weighted by Gasteiger charge is -2.30. The standard InChI is InChI=1S/C23H30FN3O/c1-3-27(17(2)18-9-11-21(24)12-10-18)23(28)16-26-14-20(13-25)22(15-26)19-7-5-4-6-8-19/h4-12,17,20,22H,3,13-16,25H2,1-2H3/t17?,20-,22+/m1/s1. The second-order valence-corrected chi connectivity index (χ2v) is 7.61. The lowest BCUT2D eigenvalue weighted by Crippen LogP contribution is -2.41. The van der Waals surface area contributed by atoms with Gasteiger partial charge in [0.25, 0.3) is 0 Å². The molecule has 5 heteroatoms. The van der Waals surface area contributed by atoms with Gasteiger partial charge in [-0.3, -0.25) is 9.69 Å². The van der Waals surface area contributed by atoms with Crippen molar-refractivity contribution in [3.05, 3.63) is 71.5 Å². The van der Waals surface area contributed by atoms with Gasteiger partial charge in [0.15, 0.2) is 0 Å². The second-order valence-electron chi connectivity index (χ2n) is 7.61. The molecule has 1 unspecified atom stereocenters. The van der Waals surface area contributed by atoms with E-state index in [4.69, 9.17) is 5.73 Å². The lowest BCUT2D eigenvalue weighted by atomic mass is 9.89. The fraction of sp³-hybridized carbons (Fsp3) is 0.435. The van der Waals surface area contributed by atoms with Crippen LogP contribution in [-0.4, -0.2) is 48.4 Å². The quantitative estimate of drug-likeness (QED) is 0.797. The van der Waals surface area contributed by atoms with Crippen molar-refractivity contribution >= 4 is 5.91 Å². The molecule has 3 atom stereocenters. The van der Waals surface area contributed by atoms with Crippen LogP contribution in [0.1, 0.15) is 36.9 Å². The number of benzene rings is 2. The molecule has 0 saturated carbocycles. The fourth-order valence-corrected chi connectivity index (χ4v) is 4.28. The van der Waals surface area contributed by atoms with Crippen molar-refractivity contribution in [3.8, 4) is 0 Å². The number of hydrogen-bond acceptors (Lipinski definition) is 3. The van der Waals surface area contributed by atoms with Gasteiger partial charge in [-0.25, -0.2) is 4.39 Å². The monoisotopic (exact) mass is 383 g/mol. The average molecular weight is 384 g/mol. The van der Waals surface area contributed by atoms with Gasteiger partial charge in [-0.15, -0.1) is 0 Å². The predicted molar refractivity (Wildman–Crippen MR) is 110 cm³/mol. The number of carbonyl (C=O) groups excluding carboxylic acids is 1. The van der Waals surface area contributed by atoms with Crippen LogP contribution in [0.15, 0.2) is 54.6 Å². The Bertz CT molecular complexity index is 765. The van der Waals surface area contributed by atoms with Gasteiger partial charge in [0.2, 0.25) is 5.91 Å². The Kier molecular flexibility index (Phi) is 6.81. The minimum atomic E-state index is -0.262. The molecule has 0 spiro atoms. The third-order valence-electron chi connectivity index (χ3n) is 5.89. The smallest absolute Gasteiger partial charge is 0.237 e. The number of likely N-dealkylation sites (tertiary alicyclic amines) is 1. The number of likely N-dealkylation sites (N-methyl/N-ethyl adjacent to an activating group) is 1. The topological polar surface area (TPSA) is 49.6 Å². The van der Waals surface area contributed by atoms with Crippen LogP contribution < -0.4 is 5.73 Å². The van der Waals surface area contributed by atoms with Gasteiger partial charge in [0.05, 0.1) is 12.6 Å². The Labute approximate surface area is 167 Å². The van der Waals surface area contributed by atoms with Gasteiger partial charge in [-0.1, -0.05) is 42.5 Å². The first-order valence-electron chi connectivity index (χ1n) is 10.1. The number of carbonyl (C=O) groups is 1. The van der Waals surface area contributed by atoms with E-state index in [2.05, 4.69) is 29.2 Å². The zero-order chi connectivity index (χ0) is 20.1. The molecule has 4 nitrogen and oxygen atoms in total. The van der Waals surface area contributed by atoms with Crippen LogP contribution in [0.5, 0.6) is 0 Å².